The number of halogens is 1. The summed E-state index contributed by atoms with van der Waals surface area (Å²) in [7, 11) is 5.67. The van der Waals surface area contributed by atoms with Crippen LogP contribution in [0.5, 0.6) is 5.75 Å². The van der Waals surface area contributed by atoms with Gasteiger partial charge in [-0.15, -0.1) is 0 Å². The Morgan fingerprint density at radius 3 is 2.48 bits per heavy atom. The first-order valence-corrected chi connectivity index (χ1v) is 7.91. The van der Waals surface area contributed by atoms with E-state index >= 15 is 0 Å². The fraction of sp³-hybridized carbons (Fsp3) is 0.438. The maximum atomic E-state index is 5.21. The minimum absolute atomic E-state index is 0.243. The van der Waals surface area contributed by atoms with Gasteiger partial charge in [0, 0.05) is 19.5 Å². The van der Waals surface area contributed by atoms with Crippen molar-refractivity contribution >= 4 is 15.9 Å². The second-order valence-corrected chi connectivity index (χ2v) is 5.80. The fourth-order valence-electron chi connectivity index (χ4n) is 2.46. The van der Waals surface area contributed by atoms with Crippen molar-refractivity contribution in [1.29, 1.82) is 0 Å². The van der Waals surface area contributed by atoms with Crippen LogP contribution in [-0.4, -0.2) is 23.9 Å². The third-order valence-electron chi connectivity index (χ3n) is 3.77. The summed E-state index contributed by atoms with van der Waals surface area (Å²) in [6.07, 6.45) is 1.81. The Balaban J connectivity index is 2.24. The van der Waals surface area contributed by atoms with Gasteiger partial charge in [0.15, 0.2) is 0 Å². The van der Waals surface area contributed by atoms with E-state index in [0.29, 0.717) is 0 Å². The lowest BCUT2D eigenvalue weighted by Crippen LogP contribution is -2.20. The quantitative estimate of drug-likeness (QED) is 0.867. The van der Waals surface area contributed by atoms with Gasteiger partial charge < -0.3 is 10.1 Å². The highest BCUT2D eigenvalue weighted by atomic mass is 79.9. The molecule has 0 aliphatic carbocycles. The highest BCUT2D eigenvalue weighted by Crippen LogP contribution is 2.27. The predicted molar refractivity (Wildman–Crippen MR) is 88.8 cm³/mol. The molecule has 0 aliphatic heterocycles. The van der Waals surface area contributed by atoms with Crippen LogP contribution in [0.15, 0.2) is 28.7 Å². The molecule has 0 fully saturated rings. The summed E-state index contributed by atoms with van der Waals surface area (Å²) in [6.45, 7) is 2.12. The van der Waals surface area contributed by atoms with E-state index in [0.717, 1.165) is 28.8 Å². The molecule has 0 spiro atoms. The first kappa shape index (κ1) is 16.0. The highest BCUT2D eigenvalue weighted by molar-refractivity contribution is 9.10. The number of aryl methyl sites for hydroxylation is 2. The number of rotatable bonds is 6. The number of nitrogens with zero attached hydrogens (tertiary/aromatic N) is 2. The summed E-state index contributed by atoms with van der Waals surface area (Å²) in [6, 6.07) is 8.44. The first-order chi connectivity index (χ1) is 10.1. The topological polar surface area (TPSA) is 39.1 Å². The van der Waals surface area contributed by atoms with Crippen LogP contribution in [0.4, 0.5) is 0 Å². The Bertz CT molecular complexity index is 592. The molecule has 1 unspecified atom stereocenters. The third kappa shape index (κ3) is 3.47. The van der Waals surface area contributed by atoms with E-state index in [-0.39, 0.29) is 6.04 Å². The Hall–Kier alpha value is -1.33. The summed E-state index contributed by atoms with van der Waals surface area (Å²) in [5.74, 6) is 0.878. The molecule has 1 N–H and O–H groups in total. The van der Waals surface area contributed by atoms with Crippen LogP contribution in [0.3, 0.4) is 0 Å². The Morgan fingerprint density at radius 1 is 1.33 bits per heavy atom. The second kappa shape index (κ2) is 7.09. The zero-order valence-corrected chi connectivity index (χ0v) is 14.6. The molecule has 1 aromatic carbocycles. The fourth-order valence-corrected chi connectivity index (χ4v) is 3.24. The van der Waals surface area contributed by atoms with Gasteiger partial charge in [-0.2, -0.15) is 5.10 Å². The van der Waals surface area contributed by atoms with Gasteiger partial charge in [-0.1, -0.05) is 19.1 Å². The average Bonchev–Trinajstić information content (AvgIpc) is 2.79. The maximum Gasteiger partial charge on any atom is 0.118 e. The lowest BCUT2D eigenvalue weighted by Gasteiger charge is -2.17. The minimum atomic E-state index is 0.243. The molecule has 0 radical (unpaired) electrons. The summed E-state index contributed by atoms with van der Waals surface area (Å²) in [4.78, 5) is 0. The van der Waals surface area contributed by atoms with Gasteiger partial charge in [-0.05, 0) is 47.1 Å². The number of aromatic nitrogens is 2. The van der Waals surface area contributed by atoms with E-state index < -0.39 is 0 Å². The van der Waals surface area contributed by atoms with Crippen molar-refractivity contribution in [3.63, 3.8) is 0 Å². The van der Waals surface area contributed by atoms with Crippen LogP contribution in [-0.2, 0) is 19.9 Å². The molecule has 114 valence electrons. The zero-order valence-electron chi connectivity index (χ0n) is 13.0. The number of methoxy groups -OCH3 is 1. The van der Waals surface area contributed by atoms with Gasteiger partial charge in [0.2, 0.25) is 0 Å². The van der Waals surface area contributed by atoms with Crippen molar-refractivity contribution in [2.75, 3.05) is 14.2 Å². The van der Waals surface area contributed by atoms with E-state index in [1.807, 2.05) is 30.9 Å². The van der Waals surface area contributed by atoms with Crippen LogP contribution in [0.25, 0.3) is 0 Å². The van der Waals surface area contributed by atoms with Crippen LogP contribution in [0.2, 0.25) is 0 Å². The summed E-state index contributed by atoms with van der Waals surface area (Å²) in [5.41, 5.74) is 3.56. The van der Waals surface area contributed by atoms with Crippen molar-refractivity contribution in [2.24, 2.45) is 7.05 Å². The van der Waals surface area contributed by atoms with Crippen molar-refractivity contribution < 1.29 is 4.74 Å². The van der Waals surface area contributed by atoms with Gasteiger partial charge in [0.1, 0.15) is 5.75 Å². The predicted octanol–water partition coefficient (Wildman–Crippen LogP) is 3.26. The molecule has 1 aromatic heterocycles. The molecular formula is C16H22BrN3O. The van der Waals surface area contributed by atoms with Crippen LogP contribution >= 0.6 is 15.9 Å². The average molecular weight is 352 g/mol. The smallest absolute Gasteiger partial charge is 0.118 e. The van der Waals surface area contributed by atoms with Gasteiger partial charge >= 0.3 is 0 Å². The molecule has 1 atom stereocenters. The first-order valence-electron chi connectivity index (χ1n) is 7.12. The van der Waals surface area contributed by atoms with Crippen LogP contribution in [0, 0.1) is 0 Å². The Kier molecular flexibility index (Phi) is 5.42. The lowest BCUT2D eigenvalue weighted by atomic mass is 10.0. The minimum Gasteiger partial charge on any atom is -0.497 e. The maximum absolute atomic E-state index is 5.21. The second-order valence-electron chi connectivity index (χ2n) is 5.00. The molecular weight excluding hydrogens is 330 g/mol. The molecule has 1 heterocycles. The molecule has 0 aliphatic rings. The number of likely N-dealkylation sites (N-methyl/N-ethyl adjacent to an activating group) is 1. The van der Waals surface area contributed by atoms with E-state index in [1.54, 1.807) is 7.11 Å². The van der Waals surface area contributed by atoms with E-state index in [4.69, 9.17) is 4.74 Å². The van der Waals surface area contributed by atoms with Crippen molar-refractivity contribution in [3.05, 3.63) is 45.7 Å². The zero-order chi connectivity index (χ0) is 15.4. The number of nitrogens with one attached hydrogen (secondary N) is 1. The molecule has 21 heavy (non-hydrogen) atoms. The van der Waals surface area contributed by atoms with Gasteiger partial charge in [-0.25, -0.2) is 0 Å². The molecule has 2 aromatic rings. The number of ether oxygens (including phenoxy) is 1. The van der Waals surface area contributed by atoms with Crippen LogP contribution in [0.1, 0.15) is 29.9 Å². The molecule has 0 saturated heterocycles. The number of hydrogen-bond acceptors (Lipinski definition) is 3. The normalized spacial score (nSPS) is 12.4. The number of benzene rings is 1. The largest absolute Gasteiger partial charge is 0.497 e. The monoisotopic (exact) mass is 351 g/mol. The van der Waals surface area contributed by atoms with E-state index in [9.17, 15) is 0 Å². The standard InChI is InChI=1S/C16H22BrN3O/c1-5-13-16(17)15(20(3)19-13)10-14(18-2)11-6-8-12(21-4)9-7-11/h6-9,14,18H,5,10H2,1-4H3. The number of hydrogen-bond donors (Lipinski definition) is 1. The van der Waals surface area contributed by atoms with Crippen LogP contribution < -0.4 is 10.1 Å². The summed E-state index contributed by atoms with van der Waals surface area (Å²) < 4.78 is 8.31. The van der Waals surface area contributed by atoms with Gasteiger partial charge in [0.25, 0.3) is 0 Å². The molecule has 0 bridgehead atoms. The van der Waals surface area contributed by atoms with E-state index in [1.165, 1.54) is 11.3 Å². The van der Waals surface area contributed by atoms with Gasteiger partial charge in [0.05, 0.1) is 23.0 Å². The van der Waals surface area contributed by atoms with E-state index in [2.05, 4.69) is 45.4 Å². The molecule has 0 amide bonds. The molecule has 5 heteroatoms. The third-order valence-corrected chi connectivity index (χ3v) is 4.68. The Labute approximate surface area is 134 Å². The molecule has 2 rings (SSSR count). The summed E-state index contributed by atoms with van der Waals surface area (Å²) >= 11 is 3.68. The lowest BCUT2D eigenvalue weighted by molar-refractivity contribution is 0.414. The van der Waals surface area contributed by atoms with Crippen molar-refractivity contribution in [1.82, 2.24) is 15.1 Å². The summed E-state index contributed by atoms with van der Waals surface area (Å²) in [5, 5.41) is 7.94. The SMILES string of the molecule is CCc1nn(C)c(CC(NC)c2ccc(OC)cc2)c1Br. The van der Waals surface area contributed by atoms with Crippen molar-refractivity contribution in [3.8, 4) is 5.75 Å². The molecule has 0 saturated carbocycles. The van der Waals surface area contributed by atoms with Crippen molar-refractivity contribution in [2.45, 2.75) is 25.8 Å². The highest BCUT2D eigenvalue weighted by Gasteiger charge is 2.18. The van der Waals surface area contributed by atoms with Gasteiger partial charge in [-0.3, -0.25) is 4.68 Å². The molecule has 4 nitrogen and oxygen atoms in total. The Morgan fingerprint density at radius 2 is 2.00 bits per heavy atom.